The Morgan fingerprint density at radius 1 is 1.38 bits per heavy atom. The van der Waals surface area contributed by atoms with Crippen LogP contribution in [0.4, 0.5) is 4.39 Å². The average molecular weight is 303 g/mol. The van der Waals surface area contributed by atoms with Crippen LogP contribution in [0.3, 0.4) is 0 Å². The van der Waals surface area contributed by atoms with Gasteiger partial charge in [-0.1, -0.05) is 17.9 Å². The second-order valence-electron chi connectivity index (χ2n) is 4.23. The number of rotatable bonds is 4. The van der Waals surface area contributed by atoms with Crippen LogP contribution in [0.15, 0.2) is 35.7 Å². The molecule has 21 heavy (non-hydrogen) atoms. The highest BCUT2D eigenvalue weighted by atomic mass is 32.1. The van der Waals surface area contributed by atoms with E-state index in [0.29, 0.717) is 18.5 Å². The van der Waals surface area contributed by atoms with E-state index in [1.807, 2.05) is 17.5 Å². The largest absolute Gasteiger partial charge is 0.395 e. The van der Waals surface area contributed by atoms with Crippen molar-refractivity contribution in [1.82, 2.24) is 5.32 Å². The lowest BCUT2D eigenvalue weighted by Crippen LogP contribution is -2.23. The fraction of sp³-hybridized carbons (Fsp3) is 0.188. The Kier molecular flexibility index (Phi) is 5.50. The molecule has 1 amide bonds. The zero-order valence-electron chi connectivity index (χ0n) is 11.2. The monoisotopic (exact) mass is 303 g/mol. The summed E-state index contributed by atoms with van der Waals surface area (Å²) in [6.07, 6.45) is 0.313. The molecular weight excluding hydrogens is 289 g/mol. The number of carbonyl (C=O) groups is 1. The molecule has 0 radical (unpaired) electrons. The Balaban J connectivity index is 2.15. The molecule has 0 aliphatic heterocycles. The smallest absolute Gasteiger partial charge is 0.252 e. The first-order chi connectivity index (χ1) is 10.2. The predicted molar refractivity (Wildman–Crippen MR) is 80.5 cm³/mol. The highest BCUT2D eigenvalue weighted by Crippen LogP contribution is 2.12. The summed E-state index contributed by atoms with van der Waals surface area (Å²) in [5.41, 5.74) is 0.658. The molecule has 5 heteroatoms. The molecular formula is C16H14FNO2S. The highest BCUT2D eigenvalue weighted by molar-refractivity contribution is 7.09. The molecule has 108 valence electrons. The van der Waals surface area contributed by atoms with Crippen LogP contribution in [0.1, 0.15) is 27.2 Å². The van der Waals surface area contributed by atoms with Gasteiger partial charge in [-0.25, -0.2) is 4.39 Å². The lowest BCUT2D eigenvalue weighted by molar-refractivity contribution is 0.0950. The normalized spacial score (nSPS) is 9.81. The lowest BCUT2D eigenvalue weighted by Gasteiger charge is -2.06. The molecule has 0 bridgehead atoms. The minimum Gasteiger partial charge on any atom is -0.395 e. The first-order valence-electron chi connectivity index (χ1n) is 6.40. The summed E-state index contributed by atoms with van der Waals surface area (Å²) < 4.78 is 13.3. The zero-order valence-corrected chi connectivity index (χ0v) is 12.0. The molecule has 0 unspecified atom stereocenters. The SMILES string of the molecule is O=C(NCc1cccs1)c1cc(F)ccc1C#CCCO. The number of thiophene rings is 1. The van der Waals surface area contributed by atoms with Crippen LogP contribution in [0.5, 0.6) is 0 Å². The van der Waals surface area contributed by atoms with Crippen molar-refractivity contribution in [3.05, 3.63) is 57.5 Å². The quantitative estimate of drug-likeness (QED) is 0.853. The van der Waals surface area contributed by atoms with Crippen molar-refractivity contribution in [3.63, 3.8) is 0 Å². The van der Waals surface area contributed by atoms with Crippen molar-refractivity contribution in [2.24, 2.45) is 0 Å². The molecule has 0 atom stereocenters. The number of nitrogens with one attached hydrogen (secondary N) is 1. The molecule has 0 spiro atoms. The Morgan fingerprint density at radius 3 is 2.95 bits per heavy atom. The van der Waals surface area contributed by atoms with Crippen LogP contribution in [-0.4, -0.2) is 17.6 Å². The number of hydrogen-bond acceptors (Lipinski definition) is 3. The van der Waals surface area contributed by atoms with Gasteiger partial charge in [0.1, 0.15) is 5.82 Å². The molecule has 3 nitrogen and oxygen atoms in total. The molecule has 1 aromatic heterocycles. The van der Waals surface area contributed by atoms with Gasteiger partial charge in [0.25, 0.3) is 5.91 Å². The second kappa shape index (κ2) is 7.58. The topological polar surface area (TPSA) is 49.3 Å². The summed E-state index contributed by atoms with van der Waals surface area (Å²) >= 11 is 1.54. The maximum Gasteiger partial charge on any atom is 0.252 e. The van der Waals surface area contributed by atoms with Gasteiger partial charge in [-0.05, 0) is 29.6 Å². The van der Waals surface area contributed by atoms with Crippen molar-refractivity contribution >= 4 is 17.2 Å². The third-order valence-electron chi connectivity index (χ3n) is 2.69. The molecule has 0 aliphatic carbocycles. The first-order valence-corrected chi connectivity index (χ1v) is 7.28. The summed E-state index contributed by atoms with van der Waals surface area (Å²) in [4.78, 5) is 13.2. The average Bonchev–Trinajstić information content (AvgIpc) is 3.00. The van der Waals surface area contributed by atoms with E-state index in [-0.39, 0.29) is 18.1 Å². The van der Waals surface area contributed by atoms with E-state index >= 15 is 0 Å². The fourth-order valence-corrected chi connectivity index (χ4v) is 2.35. The van der Waals surface area contributed by atoms with E-state index < -0.39 is 5.82 Å². The summed E-state index contributed by atoms with van der Waals surface area (Å²) in [6, 6.07) is 7.73. The van der Waals surface area contributed by atoms with Gasteiger partial charge in [-0.15, -0.1) is 11.3 Å². The van der Waals surface area contributed by atoms with Crippen LogP contribution >= 0.6 is 11.3 Å². The van der Waals surface area contributed by atoms with Gasteiger partial charge in [-0.2, -0.15) is 0 Å². The molecule has 2 aromatic rings. The number of aliphatic hydroxyl groups excluding tert-OH is 1. The Morgan fingerprint density at radius 2 is 2.24 bits per heavy atom. The Hall–Kier alpha value is -2.16. The number of amides is 1. The van der Waals surface area contributed by atoms with Crippen LogP contribution in [0.25, 0.3) is 0 Å². The van der Waals surface area contributed by atoms with Gasteiger partial charge >= 0.3 is 0 Å². The number of hydrogen-bond donors (Lipinski definition) is 2. The van der Waals surface area contributed by atoms with Gasteiger partial charge in [0.05, 0.1) is 18.7 Å². The van der Waals surface area contributed by atoms with E-state index in [0.717, 1.165) is 4.88 Å². The molecule has 0 aliphatic rings. The third-order valence-corrected chi connectivity index (χ3v) is 3.57. The summed E-state index contributed by atoms with van der Waals surface area (Å²) in [7, 11) is 0. The van der Waals surface area contributed by atoms with E-state index in [9.17, 15) is 9.18 Å². The van der Waals surface area contributed by atoms with Crippen LogP contribution in [0.2, 0.25) is 0 Å². The summed E-state index contributed by atoms with van der Waals surface area (Å²) in [6.45, 7) is 0.352. The molecule has 1 heterocycles. The molecule has 1 aromatic carbocycles. The van der Waals surface area contributed by atoms with Gasteiger partial charge in [-0.3, -0.25) is 4.79 Å². The molecule has 0 saturated heterocycles. The summed E-state index contributed by atoms with van der Waals surface area (Å²) in [5.74, 6) is 4.67. The minimum absolute atomic E-state index is 0.0475. The van der Waals surface area contributed by atoms with Crippen LogP contribution in [-0.2, 0) is 6.54 Å². The fourth-order valence-electron chi connectivity index (χ4n) is 1.70. The molecule has 2 rings (SSSR count). The van der Waals surface area contributed by atoms with Crippen LogP contribution in [0, 0.1) is 17.7 Å². The standard InChI is InChI=1S/C16H14FNO2S/c17-13-7-6-12(4-1-2-8-19)15(10-13)16(20)18-11-14-5-3-9-21-14/h3,5-7,9-10,19H,2,8,11H2,(H,18,20). The van der Waals surface area contributed by atoms with Gasteiger partial charge < -0.3 is 10.4 Å². The van der Waals surface area contributed by atoms with Crippen molar-refractivity contribution in [2.45, 2.75) is 13.0 Å². The Bertz CT molecular complexity index is 671. The van der Waals surface area contributed by atoms with Gasteiger partial charge in [0.2, 0.25) is 0 Å². The number of carbonyl (C=O) groups excluding carboxylic acids is 1. The van der Waals surface area contributed by atoms with E-state index in [2.05, 4.69) is 17.2 Å². The minimum atomic E-state index is -0.482. The maximum absolute atomic E-state index is 13.3. The third kappa shape index (κ3) is 4.42. The van der Waals surface area contributed by atoms with E-state index in [4.69, 9.17) is 5.11 Å². The van der Waals surface area contributed by atoms with Crippen molar-refractivity contribution in [2.75, 3.05) is 6.61 Å². The van der Waals surface area contributed by atoms with Gasteiger partial charge in [0.15, 0.2) is 0 Å². The first kappa shape index (κ1) is 15.2. The molecule has 2 N–H and O–H groups in total. The molecule has 0 fully saturated rings. The highest BCUT2D eigenvalue weighted by Gasteiger charge is 2.11. The predicted octanol–water partition coefficient (Wildman–Crippen LogP) is 2.55. The van der Waals surface area contributed by atoms with E-state index in [1.54, 1.807) is 0 Å². The van der Waals surface area contributed by atoms with Crippen molar-refractivity contribution in [1.29, 1.82) is 0 Å². The number of aliphatic hydroxyl groups is 1. The van der Waals surface area contributed by atoms with Crippen molar-refractivity contribution in [3.8, 4) is 11.8 Å². The zero-order chi connectivity index (χ0) is 15.1. The number of halogens is 1. The van der Waals surface area contributed by atoms with Gasteiger partial charge in [0, 0.05) is 16.9 Å². The molecule has 0 saturated carbocycles. The summed E-state index contributed by atoms with van der Waals surface area (Å²) in [5, 5.41) is 13.4. The second-order valence-corrected chi connectivity index (χ2v) is 5.26. The Labute approximate surface area is 126 Å². The lowest BCUT2D eigenvalue weighted by atomic mass is 10.1. The number of benzene rings is 1. The maximum atomic E-state index is 13.3. The van der Waals surface area contributed by atoms with Crippen molar-refractivity contribution < 1.29 is 14.3 Å². The van der Waals surface area contributed by atoms with E-state index in [1.165, 1.54) is 29.5 Å². The van der Waals surface area contributed by atoms with Crippen LogP contribution < -0.4 is 5.32 Å².